The molecule has 2 N–H and O–H groups in total. The SMILES string of the molecule is Cc1cccc(NC(=O)N[C@@H](C)c2ccco2)c1. The van der Waals surface area contributed by atoms with E-state index < -0.39 is 0 Å². The summed E-state index contributed by atoms with van der Waals surface area (Å²) in [6, 6.07) is 10.9. The average molecular weight is 244 g/mol. The first-order valence-electron chi connectivity index (χ1n) is 5.83. The van der Waals surface area contributed by atoms with E-state index in [-0.39, 0.29) is 12.1 Å². The van der Waals surface area contributed by atoms with Gasteiger partial charge in [0.1, 0.15) is 5.76 Å². The van der Waals surface area contributed by atoms with Crippen LogP contribution in [0.5, 0.6) is 0 Å². The first-order valence-corrected chi connectivity index (χ1v) is 5.83. The third-order valence-corrected chi connectivity index (χ3v) is 2.59. The van der Waals surface area contributed by atoms with Gasteiger partial charge in [0.05, 0.1) is 12.3 Å². The van der Waals surface area contributed by atoms with Crippen LogP contribution in [-0.4, -0.2) is 6.03 Å². The van der Waals surface area contributed by atoms with Gasteiger partial charge >= 0.3 is 6.03 Å². The normalized spacial score (nSPS) is 11.9. The Bertz CT molecular complexity index is 520. The van der Waals surface area contributed by atoms with Crippen LogP contribution < -0.4 is 10.6 Å². The fourth-order valence-electron chi connectivity index (χ4n) is 1.70. The molecule has 0 bridgehead atoms. The van der Waals surface area contributed by atoms with E-state index in [0.717, 1.165) is 17.0 Å². The highest BCUT2D eigenvalue weighted by Crippen LogP contribution is 2.13. The molecule has 0 spiro atoms. The van der Waals surface area contributed by atoms with Crippen molar-refractivity contribution in [3.05, 3.63) is 54.0 Å². The summed E-state index contributed by atoms with van der Waals surface area (Å²) in [6.45, 7) is 3.85. The highest BCUT2D eigenvalue weighted by Gasteiger charge is 2.11. The van der Waals surface area contributed by atoms with Gasteiger partial charge in [-0.2, -0.15) is 0 Å². The molecule has 0 radical (unpaired) electrons. The minimum absolute atomic E-state index is 0.162. The lowest BCUT2D eigenvalue weighted by Gasteiger charge is -2.12. The van der Waals surface area contributed by atoms with E-state index in [1.807, 2.05) is 44.2 Å². The predicted octanol–water partition coefficient (Wildman–Crippen LogP) is 3.47. The van der Waals surface area contributed by atoms with Crippen LogP contribution >= 0.6 is 0 Å². The number of nitrogens with one attached hydrogen (secondary N) is 2. The maximum Gasteiger partial charge on any atom is 0.319 e. The van der Waals surface area contributed by atoms with Gasteiger partial charge in [0.15, 0.2) is 0 Å². The van der Waals surface area contributed by atoms with Crippen molar-refractivity contribution in [1.29, 1.82) is 0 Å². The number of urea groups is 1. The second-order valence-electron chi connectivity index (χ2n) is 4.21. The number of rotatable bonds is 3. The van der Waals surface area contributed by atoms with Gasteiger partial charge < -0.3 is 15.1 Å². The molecule has 18 heavy (non-hydrogen) atoms. The standard InChI is InChI=1S/C14H16N2O2/c1-10-5-3-6-12(9-10)16-14(17)15-11(2)13-7-4-8-18-13/h3-9,11H,1-2H3,(H2,15,16,17)/t11-/m0/s1. The molecule has 1 atom stereocenters. The Labute approximate surface area is 106 Å². The number of furan rings is 1. The number of benzene rings is 1. The smallest absolute Gasteiger partial charge is 0.319 e. The Morgan fingerprint density at radius 3 is 2.78 bits per heavy atom. The van der Waals surface area contributed by atoms with E-state index in [1.165, 1.54) is 0 Å². The number of hydrogen-bond donors (Lipinski definition) is 2. The monoisotopic (exact) mass is 244 g/mol. The third kappa shape index (κ3) is 3.13. The van der Waals surface area contributed by atoms with Crippen LogP contribution in [0, 0.1) is 6.92 Å². The summed E-state index contributed by atoms with van der Waals surface area (Å²) in [4.78, 5) is 11.8. The third-order valence-electron chi connectivity index (χ3n) is 2.59. The van der Waals surface area contributed by atoms with Crippen LogP contribution in [0.15, 0.2) is 47.1 Å². The van der Waals surface area contributed by atoms with Gasteiger partial charge in [-0.1, -0.05) is 12.1 Å². The van der Waals surface area contributed by atoms with Crippen LogP contribution in [0.1, 0.15) is 24.3 Å². The van der Waals surface area contributed by atoms with E-state index in [1.54, 1.807) is 12.3 Å². The molecule has 2 rings (SSSR count). The van der Waals surface area contributed by atoms with Crippen molar-refractivity contribution < 1.29 is 9.21 Å². The number of anilines is 1. The lowest BCUT2D eigenvalue weighted by atomic mass is 10.2. The van der Waals surface area contributed by atoms with Gasteiger partial charge in [-0.3, -0.25) is 0 Å². The minimum atomic E-state index is -0.246. The van der Waals surface area contributed by atoms with Crippen LogP contribution in [-0.2, 0) is 0 Å². The van der Waals surface area contributed by atoms with Crippen LogP contribution in [0.3, 0.4) is 0 Å². The number of carbonyl (C=O) groups is 1. The van der Waals surface area contributed by atoms with E-state index in [2.05, 4.69) is 10.6 Å². The Hall–Kier alpha value is -2.23. The Kier molecular flexibility index (Phi) is 3.67. The quantitative estimate of drug-likeness (QED) is 0.868. The van der Waals surface area contributed by atoms with Crippen molar-refractivity contribution in [2.24, 2.45) is 0 Å². The van der Waals surface area contributed by atoms with Gasteiger partial charge in [-0.05, 0) is 43.7 Å². The van der Waals surface area contributed by atoms with Crippen molar-refractivity contribution in [2.75, 3.05) is 5.32 Å². The molecule has 1 heterocycles. The molecular formula is C14H16N2O2. The summed E-state index contributed by atoms with van der Waals surface area (Å²) in [5, 5.41) is 5.59. The molecule has 94 valence electrons. The molecule has 2 amide bonds. The highest BCUT2D eigenvalue weighted by atomic mass is 16.3. The van der Waals surface area contributed by atoms with Gasteiger partial charge in [0, 0.05) is 5.69 Å². The molecule has 0 saturated heterocycles. The van der Waals surface area contributed by atoms with Gasteiger partial charge in [0.25, 0.3) is 0 Å². The second kappa shape index (κ2) is 5.40. The molecule has 0 saturated carbocycles. The highest BCUT2D eigenvalue weighted by molar-refractivity contribution is 5.89. The lowest BCUT2D eigenvalue weighted by molar-refractivity contribution is 0.247. The minimum Gasteiger partial charge on any atom is -0.467 e. The van der Waals surface area contributed by atoms with Crippen molar-refractivity contribution in [1.82, 2.24) is 5.32 Å². The first kappa shape index (κ1) is 12.2. The fraction of sp³-hybridized carbons (Fsp3) is 0.214. The van der Waals surface area contributed by atoms with Crippen molar-refractivity contribution in [3.8, 4) is 0 Å². The summed E-state index contributed by atoms with van der Waals surface area (Å²) in [5.41, 5.74) is 1.88. The number of amides is 2. The van der Waals surface area contributed by atoms with E-state index in [0.29, 0.717) is 0 Å². The summed E-state index contributed by atoms with van der Waals surface area (Å²) in [7, 11) is 0. The molecule has 0 aliphatic rings. The maximum atomic E-state index is 11.8. The zero-order valence-electron chi connectivity index (χ0n) is 10.4. The Morgan fingerprint density at radius 2 is 2.11 bits per heavy atom. The van der Waals surface area contributed by atoms with Crippen molar-refractivity contribution in [3.63, 3.8) is 0 Å². The van der Waals surface area contributed by atoms with Gasteiger partial charge in [-0.25, -0.2) is 4.79 Å². The van der Waals surface area contributed by atoms with E-state index >= 15 is 0 Å². The molecule has 0 aliphatic heterocycles. The molecule has 4 nitrogen and oxygen atoms in total. The summed E-state index contributed by atoms with van der Waals surface area (Å²) >= 11 is 0. The van der Waals surface area contributed by atoms with Crippen molar-refractivity contribution in [2.45, 2.75) is 19.9 Å². The predicted molar refractivity (Wildman–Crippen MR) is 70.5 cm³/mol. The summed E-state index contributed by atoms with van der Waals surface area (Å²) < 4.78 is 5.22. The number of aryl methyl sites for hydroxylation is 1. The molecule has 4 heteroatoms. The molecule has 0 fully saturated rings. The fourth-order valence-corrected chi connectivity index (χ4v) is 1.70. The van der Waals surface area contributed by atoms with Crippen LogP contribution in [0.25, 0.3) is 0 Å². The topological polar surface area (TPSA) is 54.3 Å². The summed E-state index contributed by atoms with van der Waals surface area (Å²) in [5.74, 6) is 0.731. The molecule has 0 aliphatic carbocycles. The first-order chi connectivity index (χ1) is 8.65. The van der Waals surface area contributed by atoms with Crippen LogP contribution in [0.4, 0.5) is 10.5 Å². The van der Waals surface area contributed by atoms with E-state index in [9.17, 15) is 4.79 Å². The zero-order valence-corrected chi connectivity index (χ0v) is 10.4. The number of carbonyl (C=O) groups excluding carboxylic acids is 1. The zero-order chi connectivity index (χ0) is 13.0. The summed E-state index contributed by atoms with van der Waals surface area (Å²) in [6.07, 6.45) is 1.59. The average Bonchev–Trinajstić information content (AvgIpc) is 2.81. The van der Waals surface area contributed by atoms with Gasteiger partial charge in [-0.15, -0.1) is 0 Å². The molecule has 1 aromatic carbocycles. The lowest BCUT2D eigenvalue weighted by Crippen LogP contribution is -2.30. The van der Waals surface area contributed by atoms with Crippen LogP contribution in [0.2, 0.25) is 0 Å². The molecular weight excluding hydrogens is 228 g/mol. The Morgan fingerprint density at radius 1 is 1.28 bits per heavy atom. The van der Waals surface area contributed by atoms with Gasteiger partial charge in [0.2, 0.25) is 0 Å². The second-order valence-corrected chi connectivity index (χ2v) is 4.21. The maximum absolute atomic E-state index is 11.8. The number of hydrogen-bond acceptors (Lipinski definition) is 2. The molecule has 1 aromatic heterocycles. The Balaban J connectivity index is 1.93. The van der Waals surface area contributed by atoms with Crippen molar-refractivity contribution >= 4 is 11.7 Å². The largest absolute Gasteiger partial charge is 0.467 e. The molecule has 0 unspecified atom stereocenters. The molecule has 2 aromatic rings. The van der Waals surface area contributed by atoms with E-state index in [4.69, 9.17) is 4.42 Å².